The zero-order chi connectivity index (χ0) is 13.1. The maximum absolute atomic E-state index is 11.9. The van der Waals surface area contributed by atoms with Crippen molar-refractivity contribution in [1.29, 1.82) is 0 Å². The summed E-state index contributed by atoms with van der Waals surface area (Å²) >= 11 is 0. The molecular weight excluding hydrogens is 216 g/mol. The lowest BCUT2D eigenvalue weighted by Gasteiger charge is -2.20. The summed E-state index contributed by atoms with van der Waals surface area (Å²) in [6, 6.07) is -0.295. The number of amides is 2. The minimum Gasteiger partial charge on any atom is -0.305 e. The quantitative estimate of drug-likeness (QED) is 0.742. The van der Waals surface area contributed by atoms with Crippen molar-refractivity contribution in [3.8, 4) is 0 Å². The van der Waals surface area contributed by atoms with Crippen LogP contribution in [0.1, 0.15) is 47.0 Å². The van der Waals surface area contributed by atoms with E-state index in [-0.39, 0.29) is 23.3 Å². The minimum absolute atomic E-state index is 0.0369. The fourth-order valence-electron chi connectivity index (χ4n) is 1.92. The van der Waals surface area contributed by atoms with Crippen LogP contribution in [-0.2, 0) is 9.59 Å². The van der Waals surface area contributed by atoms with Crippen LogP contribution in [0.3, 0.4) is 0 Å². The van der Waals surface area contributed by atoms with Gasteiger partial charge in [-0.25, -0.2) is 0 Å². The fraction of sp³-hybridized carbons (Fsp3) is 0.846. The Hall–Kier alpha value is -0.900. The molecule has 17 heavy (non-hydrogen) atoms. The standard InChI is InChI=1S/C13H24N2O2/c1-5-8-15-11(16)9-10(12(15)17)14-7-6-13(2,3)4/h10,14H,5-9H2,1-4H3. The molecule has 1 saturated heterocycles. The third-order valence-electron chi connectivity index (χ3n) is 2.96. The summed E-state index contributed by atoms with van der Waals surface area (Å²) in [5, 5.41) is 3.19. The van der Waals surface area contributed by atoms with E-state index in [4.69, 9.17) is 0 Å². The molecule has 0 spiro atoms. The number of hydrogen-bond donors (Lipinski definition) is 1. The van der Waals surface area contributed by atoms with Crippen LogP contribution in [0.15, 0.2) is 0 Å². The van der Waals surface area contributed by atoms with Crippen LogP contribution >= 0.6 is 0 Å². The molecule has 1 N–H and O–H groups in total. The third kappa shape index (κ3) is 4.11. The van der Waals surface area contributed by atoms with E-state index in [1.807, 2.05) is 6.92 Å². The Labute approximate surface area is 104 Å². The van der Waals surface area contributed by atoms with Gasteiger partial charge in [-0.05, 0) is 24.8 Å². The van der Waals surface area contributed by atoms with Crippen molar-refractivity contribution in [2.75, 3.05) is 13.1 Å². The molecule has 0 aromatic carbocycles. The first-order valence-corrected chi connectivity index (χ1v) is 6.43. The summed E-state index contributed by atoms with van der Waals surface area (Å²) < 4.78 is 0. The lowest BCUT2D eigenvalue weighted by atomic mass is 9.92. The Morgan fingerprint density at radius 2 is 2.00 bits per heavy atom. The monoisotopic (exact) mass is 240 g/mol. The Morgan fingerprint density at radius 3 is 2.53 bits per heavy atom. The largest absolute Gasteiger partial charge is 0.305 e. The van der Waals surface area contributed by atoms with E-state index in [1.54, 1.807) is 0 Å². The van der Waals surface area contributed by atoms with Crippen LogP contribution in [0.2, 0.25) is 0 Å². The van der Waals surface area contributed by atoms with Crippen molar-refractivity contribution in [2.45, 2.75) is 53.0 Å². The molecule has 1 rings (SSSR count). The van der Waals surface area contributed by atoms with Gasteiger partial charge in [0.05, 0.1) is 12.5 Å². The van der Waals surface area contributed by atoms with E-state index >= 15 is 0 Å². The molecule has 1 atom stereocenters. The highest BCUT2D eigenvalue weighted by atomic mass is 16.2. The van der Waals surface area contributed by atoms with Crippen LogP contribution in [0.4, 0.5) is 0 Å². The van der Waals surface area contributed by atoms with E-state index in [0.29, 0.717) is 13.0 Å². The second kappa shape index (κ2) is 5.63. The highest BCUT2D eigenvalue weighted by Gasteiger charge is 2.37. The first-order valence-electron chi connectivity index (χ1n) is 6.43. The minimum atomic E-state index is -0.295. The molecule has 1 aliphatic rings. The third-order valence-corrected chi connectivity index (χ3v) is 2.96. The molecule has 98 valence electrons. The Bertz CT molecular complexity index is 294. The summed E-state index contributed by atoms with van der Waals surface area (Å²) in [7, 11) is 0. The molecule has 1 unspecified atom stereocenters. The van der Waals surface area contributed by atoms with Gasteiger partial charge in [-0.2, -0.15) is 0 Å². The Balaban J connectivity index is 2.41. The first-order chi connectivity index (χ1) is 7.85. The van der Waals surface area contributed by atoms with E-state index < -0.39 is 0 Å². The molecular formula is C13H24N2O2. The number of nitrogens with zero attached hydrogens (tertiary/aromatic N) is 1. The lowest BCUT2D eigenvalue weighted by molar-refractivity contribution is -0.138. The van der Waals surface area contributed by atoms with Crippen LogP contribution in [0.5, 0.6) is 0 Å². The second-order valence-electron chi connectivity index (χ2n) is 5.91. The van der Waals surface area contributed by atoms with E-state index in [9.17, 15) is 9.59 Å². The smallest absolute Gasteiger partial charge is 0.246 e. The van der Waals surface area contributed by atoms with Crippen LogP contribution in [0, 0.1) is 5.41 Å². The molecule has 1 fully saturated rings. The average molecular weight is 240 g/mol. The maximum atomic E-state index is 11.9. The molecule has 1 heterocycles. The number of carbonyl (C=O) groups excluding carboxylic acids is 2. The number of nitrogens with one attached hydrogen (secondary N) is 1. The summed E-state index contributed by atoms with van der Waals surface area (Å²) in [5.41, 5.74) is 0.252. The van der Waals surface area contributed by atoms with Gasteiger partial charge >= 0.3 is 0 Å². The topological polar surface area (TPSA) is 49.4 Å². The molecule has 4 heteroatoms. The van der Waals surface area contributed by atoms with Crippen molar-refractivity contribution in [1.82, 2.24) is 10.2 Å². The number of hydrogen-bond acceptors (Lipinski definition) is 3. The van der Waals surface area contributed by atoms with Gasteiger partial charge in [0.15, 0.2) is 0 Å². The van der Waals surface area contributed by atoms with Gasteiger partial charge < -0.3 is 5.32 Å². The molecule has 4 nitrogen and oxygen atoms in total. The summed E-state index contributed by atoms with van der Waals surface area (Å²) in [6.07, 6.45) is 2.15. The van der Waals surface area contributed by atoms with Gasteiger partial charge in [-0.3, -0.25) is 14.5 Å². The SMILES string of the molecule is CCCN1C(=O)CC(NCCC(C)(C)C)C1=O. The van der Waals surface area contributed by atoms with E-state index in [0.717, 1.165) is 19.4 Å². The second-order valence-corrected chi connectivity index (χ2v) is 5.91. The highest BCUT2D eigenvalue weighted by molar-refractivity contribution is 6.05. The van der Waals surface area contributed by atoms with Crippen molar-refractivity contribution >= 4 is 11.8 Å². The summed E-state index contributed by atoms with van der Waals surface area (Å²) in [4.78, 5) is 24.9. The van der Waals surface area contributed by atoms with Gasteiger partial charge in [0, 0.05) is 6.54 Å². The van der Waals surface area contributed by atoms with Crippen molar-refractivity contribution < 1.29 is 9.59 Å². The van der Waals surface area contributed by atoms with Crippen molar-refractivity contribution in [3.63, 3.8) is 0 Å². The molecule has 0 bridgehead atoms. The first kappa shape index (κ1) is 14.2. The average Bonchev–Trinajstić information content (AvgIpc) is 2.45. The van der Waals surface area contributed by atoms with Gasteiger partial charge in [0.2, 0.25) is 11.8 Å². The highest BCUT2D eigenvalue weighted by Crippen LogP contribution is 2.18. The number of rotatable bonds is 5. The maximum Gasteiger partial charge on any atom is 0.246 e. The zero-order valence-corrected chi connectivity index (χ0v) is 11.4. The van der Waals surface area contributed by atoms with E-state index in [1.165, 1.54) is 4.90 Å². The molecule has 0 saturated carbocycles. The Kier molecular flexibility index (Phi) is 4.69. The zero-order valence-electron chi connectivity index (χ0n) is 11.4. The summed E-state index contributed by atoms with van der Waals surface area (Å²) in [5.74, 6) is -0.0872. The molecule has 0 aromatic rings. The number of likely N-dealkylation sites (tertiary alicyclic amines) is 1. The molecule has 0 aliphatic carbocycles. The van der Waals surface area contributed by atoms with Gasteiger partial charge in [0.1, 0.15) is 0 Å². The van der Waals surface area contributed by atoms with Gasteiger partial charge in [-0.1, -0.05) is 27.7 Å². The Morgan fingerprint density at radius 1 is 1.35 bits per heavy atom. The molecule has 1 aliphatic heterocycles. The summed E-state index contributed by atoms with van der Waals surface area (Å²) in [6.45, 7) is 9.81. The van der Waals surface area contributed by atoms with Crippen LogP contribution < -0.4 is 5.32 Å². The van der Waals surface area contributed by atoms with E-state index in [2.05, 4.69) is 26.1 Å². The van der Waals surface area contributed by atoms with Crippen LogP contribution in [-0.4, -0.2) is 35.8 Å². The predicted octanol–water partition coefficient (Wildman–Crippen LogP) is 1.55. The van der Waals surface area contributed by atoms with Crippen molar-refractivity contribution in [2.24, 2.45) is 5.41 Å². The molecule has 2 amide bonds. The number of carbonyl (C=O) groups is 2. The predicted molar refractivity (Wildman–Crippen MR) is 67.5 cm³/mol. The van der Waals surface area contributed by atoms with Gasteiger partial charge in [0.25, 0.3) is 0 Å². The molecule has 0 radical (unpaired) electrons. The van der Waals surface area contributed by atoms with Gasteiger partial charge in [-0.15, -0.1) is 0 Å². The normalized spacial score (nSPS) is 21.4. The van der Waals surface area contributed by atoms with Crippen molar-refractivity contribution in [3.05, 3.63) is 0 Å². The fourth-order valence-corrected chi connectivity index (χ4v) is 1.92. The number of imide groups is 1. The molecule has 0 aromatic heterocycles. The lowest BCUT2D eigenvalue weighted by Crippen LogP contribution is -2.40. The van der Waals surface area contributed by atoms with Crippen LogP contribution in [0.25, 0.3) is 0 Å².